The lowest BCUT2D eigenvalue weighted by atomic mass is 10.0. The van der Waals surface area contributed by atoms with Gasteiger partial charge in [0.25, 0.3) is 0 Å². The molecule has 0 N–H and O–H groups in total. The predicted molar refractivity (Wildman–Crippen MR) is 297 cm³/mol. The lowest BCUT2D eigenvalue weighted by Crippen LogP contribution is -2.30. The lowest BCUT2D eigenvalue weighted by Gasteiger charge is -2.18. The number of ether oxygens (including phenoxy) is 3. The average Bonchev–Trinajstić information content (AvgIpc) is 3.35. The zero-order valence-corrected chi connectivity index (χ0v) is 45.3. The minimum absolute atomic E-state index is 0.0811. The Kier molecular flexibility index (Phi) is 54.3. The smallest absolute Gasteiger partial charge is 0.306 e. The van der Waals surface area contributed by atoms with E-state index >= 15 is 0 Å². The summed E-state index contributed by atoms with van der Waals surface area (Å²) < 4.78 is 16.8. The summed E-state index contributed by atoms with van der Waals surface area (Å²) in [6.45, 7) is 6.48. The quantitative estimate of drug-likeness (QED) is 0.0262. The van der Waals surface area contributed by atoms with Crippen LogP contribution < -0.4 is 0 Å². The second kappa shape index (κ2) is 57.2. The van der Waals surface area contributed by atoms with E-state index in [9.17, 15) is 14.4 Å². The molecule has 0 radical (unpaired) electrons. The molecule has 0 aromatic carbocycles. The van der Waals surface area contributed by atoms with Crippen molar-refractivity contribution in [2.75, 3.05) is 13.2 Å². The maximum atomic E-state index is 12.8. The number of allylic oxidation sites excluding steroid dienone is 14. The normalized spacial score (nSPS) is 12.7. The molecule has 0 saturated heterocycles. The van der Waals surface area contributed by atoms with E-state index in [4.69, 9.17) is 14.2 Å². The predicted octanol–water partition coefficient (Wildman–Crippen LogP) is 19.5. The first-order chi connectivity index (χ1) is 34.0. The number of hydrogen-bond acceptors (Lipinski definition) is 6. The highest BCUT2D eigenvalue weighted by atomic mass is 16.6. The zero-order valence-electron chi connectivity index (χ0n) is 45.3. The van der Waals surface area contributed by atoms with Gasteiger partial charge in [-0.3, -0.25) is 14.4 Å². The molecule has 0 aromatic heterocycles. The van der Waals surface area contributed by atoms with Crippen LogP contribution in [0.3, 0.4) is 0 Å². The second-order valence-corrected chi connectivity index (χ2v) is 19.2. The van der Waals surface area contributed by atoms with E-state index in [1.807, 2.05) is 0 Å². The summed E-state index contributed by atoms with van der Waals surface area (Å²) in [6.07, 6.45) is 74.4. The average molecular weight is 962 g/mol. The Labute approximate surface area is 426 Å². The molecule has 0 aliphatic carbocycles. The topological polar surface area (TPSA) is 78.9 Å². The van der Waals surface area contributed by atoms with Crippen molar-refractivity contribution >= 4 is 17.9 Å². The number of hydrogen-bond donors (Lipinski definition) is 0. The Morgan fingerprint density at radius 1 is 0.304 bits per heavy atom. The van der Waals surface area contributed by atoms with Crippen LogP contribution in [0, 0.1) is 0 Å². The third-order valence-electron chi connectivity index (χ3n) is 12.4. The number of carbonyl (C=O) groups is 3. The molecule has 0 aliphatic heterocycles. The van der Waals surface area contributed by atoms with E-state index < -0.39 is 6.10 Å². The van der Waals surface area contributed by atoms with Crippen molar-refractivity contribution in [2.24, 2.45) is 0 Å². The van der Waals surface area contributed by atoms with Gasteiger partial charge in [-0.1, -0.05) is 254 Å². The molecule has 1 unspecified atom stereocenters. The van der Waals surface area contributed by atoms with E-state index in [1.54, 1.807) is 0 Å². The largest absolute Gasteiger partial charge is 0.462 e. The SMILES string of the molecule is CC/C=C\C/C=C\C/C=C\C/C=C\C/C=C\C/C=C\CCCCCCCCCCC(=O)OCC(COC(=O)CCCCCCC/C=C\CCCC)OC(=O)CCCCCCCCCCCCCCC. The van der Waals surface area contributed by atoms with E-state index in [1.165, 1.54) is 128 Å². The fourth-order valence-corrected chi connectivity index (χ4v) is 8.02. The van der Waals surface area contributed by atoms with Crippen molar-refractivity contribution in [1.29, 1.82) is 0 Å². The van der Waals surface area contributed by atoms with Gasteiger partial charge in [0, 0.05) is 19.3 Å². The Bertz CT molecular complexity index is 1330. The molecule has 6 nitrogen and oxygen atoms in total. The van der Waals surface area contributed by atoms with Crippen LogP contribution in [0.2, 0.25) is 0 Å². The van der Waals surface area contributed by atoms with Gasteiger partial charge in [-0.2, -0.15) is 0 Å². The van der Waals surface area contributed by atoms with Crippen molar-refractivity contribution in [3.8, 4) is 0 Å². The summed E-state index contributed by atoms with van der Waals surface area (Å²) >= 11 is 0. The van der Waals surface area contributed by atoms with Crippen LogP contribution in [0.4, 0.5) is 0 Å². The molecular formula is C63H108O6. The van der Waals surface area contributed by atoms with E-state index in [0.29, 0.717) is 19.3 Å². The van der Waals surface area contributed by atoms with Crippen LogP contribution in [0.1, 0.15) is 278 Å². The Morgan fingerprint density at radius 2 is 0.580 bits per heavy atom. The van der Waals surface area contributed by atoms with Gasteiger partial charge in [-0.15, -0.1) is 0 Å². The maximum Gasteiger partial charge on any atom is 0.306 e. The Hall–Kier alpha value is -3.41. The first kappa shape index (κ1) is 65.6. The van der Waals surface area contributed by atoms with Crippen LogP contribution in [-0.2, 0) is 28.6 Å². The molecule has 6 heteroatoms. The van der Waals surface area contributed by atoms with Crippen LogP contribution in [0.15, 0.2) is 85.1 Å². The van der Waals surface area contributed by atoms with Crippen molar-refractivity contribution in [2.45, 2.75) is 284 Å². The molecule has 1 atom stereocenters. The van der Waals surface area contributed by atoms with Crippen LogP contribution in [0.5, 0.6) is 0 Å². The molecule has 0 aromatic rings. The molecule has 396 valence electrons. The second-order valence-electron chi connectivity index (χ2n) is 19.2. The van der Waals surface area contributed by atoms with Crippen molar-refractivity contribution in [3.63, 3.8) is 0 Å². The molecule has 0 amide bonds. The van der Waals surface area contributed by atoms with Gasteiger partial charge in [0.1, 0.15) is 13.2 Å². The van der Waals surface area contributed by atoms with E-state index in [-0.39, 0.29) is 31.1 Å². The van der Waals surface area contributed by atoms with Crippen molar-refractivity contribution in [1.82, 2.24) is 0 Å². The van der Waals surface area contributed by atoms with Gasteiger partial charge in [0.05, 0.1) is 0 Å². The summed E-state index contributed by atoms with van der Waals surface area (Å²) in [5, 5.41) is 0. The first-order valence-corrected chi connectivity index (χ1v) is 29.1. The maximum absolute atomic E-state index is 12.8. The van der Waals surface area contributed by atoms with Crippen LogP contribution >= 0.6 is 0 Å². The standard InChI is InChI=1S/C63H108O6/c1-4-7-10-13-16-19-22-24-25-26-27-28-29-30-31-32-33-34-35-36-37-39-41-44-47-50-53-56-62(65)68-59-60(58-67-61(64)55-52-49-46-43-40-21-18-15-12-9-6-3)69-63(66)57-54-51-48-45-42-38-23-20-17-14-11-8-5-2/h7,10,15-16,18-19,24-25,27-28,30-31,33-34,60H,4-6,8-9,11-14,17,20-23,26,29,32,35-59H2,1-3H3/b10-7-,18-15-,19-16-,25-24-,28-27-,31-30-,34-33-. The molecule has 0 bridgehead atoms. The number of esters is 3. The fourth-order valence-electron chi connectivity index (χ4n) is 8.02. The summed E-state index contributed by atoms with van der Waals surface area (Å²) in [4.78, 5) is 38.1. The minimum atomic E-state index is -0.780. The zero-order chi connectivity index (χ0) is 50.0. The first-order valence-electron chi connectivity index (χ1n) is 29.1. The molecule has 69 heavy (non-hydrogen) atoms. The van der Waals surface area contributed by atoms with Gasteiger partial charge in [0.2, 0.25) is 0 Å². The number of rotatable bonds is 52. The van der Waals surface area contributed by atoms with Gasteiger partial charge in [0.15, 0.2) is 6.10 Å². The summed E-state index contributed by atoms with van der Waals surface area (Å²) in [5.41, 5.74) is 0. The lowest BCUT2D eigenvalue weighted by molar-refractivity contribution is -0.167. The highest BCUT2D eigenvalue weighted by Crippen LogP contribution is 2.15. The van der Waals surface area contributed by atoms with Gasteiger partial charge >= 0.3 is 17.9 Å². The molecule has 0 rings (SSSR count). The van der Waals surface area contributed by atoms with Crippen molar-refractivity contribution in [3.05, 3.63) is 85.1 Å². The fraction of sp³-hybridized carbons (Fsp3) is 0.730. The Morgan fingerprint density at radius 3 is 0.942 bits per heavy atom. The monoisotopic (exact) mass is 961 g/mol. The molecule has 0 aliphatic rings. The highest BCUT2D eigenvalue weighted by Gasteiger charge is 2.19. The molecule has 0 heterocycles. The third-order valence-corrected chi connectivity index (χ3v) is 12.4. The Balaban J connectivity index is 4.26. The number of unbranched alkanes of at least 4 members (excludes halogenated alkanes) is 27. The number of carbonyl (C=O) groups excluding carboxylic acids is 3. The van der Waals surface area contributed by atoms with Gasteiger partial charge in [-0.25, -0.2) is 0 Å². The summed E-state index contributed by atoms with van der Waals surface area (Å²) in [6, 6.07) is 0. The molecule has 0 fully saturated rings. The van der Waals surface area contributed by atoms with Crippen molar-refractivity contribution < 1.29 is 28.6 Å². The van der Waals surface area contributed by atoms with Gasteiger partial charge in [-0.05, 0) is 89.9 Å². The molecular weight excluding hydrogens is 853 g/mol. The summed E-state index contributed by atoms with van der Waals surface area (Å²) in [7, 11) is 0. The minimum Gasteiger partial charge on any atom is -0.462 e. The molecule has 0 spiro atoms. The third kappa shape index (κ3) is 55.4. The summed E-state index contributed by atoms with van der Waals surface area (Å²) in [5.74, 6) is -0.892. The molecule has 0 saturated carbocycles. The van der Waals surface area contributed by atoms with Crippen LogP contribution in [-0.4, -0.2) is 37.2 Å². The highest BCUT2D eigenvalue weighted by molar-refractivity contribution is 5.71. The van der Waals surface area contributed by atoms with Crippen LogP contribution in [0.25, 0.3) is 0 Å². The van der Waals surface area contributed by atoms with Gasteiger partial charge < -0.3 is 14.2 Å². The van der Waals surface area contributed by atoms with E-state index in [2.05, 4.69) is 106 Å². The van der Waals surface area contributed by atoms with E-state index in [0.717, 1.165) is 109 Å².